The second kappa shape index (κ2) is 7.73. The molecule has 0 saturated heterocycles. The number of amides is 1. The molecule has 0 radical (unpaired) electrons. The molecule has 0 fully saturated rings. The van der Waals surface area contributed by atoms with Crippen LogP contribution in [0.3, 0.4) is 0 Å². The molecule has 1 aromatic carbocycles. The first kappa shape index (κ1) is 19.4. The molecule has 5 nitrogen and oxygen atoms in total. The Balaban J connectivity index is 3.37. The van der Waals surface area contributed by atoms with E-state index < -0.39 is 28.2 Å². The summed E-state index contributed by atoms with van der Waals surface area (Å²) in [6.45, 7) is 8.55. The molecule has 1 amide bonds. The highest BCUT2D eigenvalue weighted by molar-refractivity contribution is 7.85. The van der Waals surface area contributed by atoms with E-state index in [4.69, 9.17) is 0 Å². The van der Waals surface area contributed by atoms with Crippen molar-refractivity contribution in [3.63, 3.8) is 0 Å². The Morgan fingerprint density at radius 3 is 2.17 bits per heavy atom. The van der Waals surface area contributed by atoms with Crippen LogP contribution in [0, 0.1) is 13.8 Å². The first-order valence-corrected chi connectivity index (χ1v) is 9.09. The summed E-state index contributed by atoms with van der Waals surface area (Å²) in [7, 11) is -1.29. The Morgan fingerprint density at radius 1 is 1.22 bits per heavy atom. The van der Waals surface area contributed by atoms with E-state index in [1.807, 2.05) is 39.0 Å². The lowest BCUT2D eigenvalue weighted by molar-refractivity contribution is -0.143. The van der Waals surface area contributed by atoms with Crippen molar-refractivity contribution < 1.29 is 18.9 Å². The molecule has 0 aliphatic heterocycles. The highest BCUT2D eigenvalue weighted by atomic mass is 32.2. The van der Waals surface area contributed by atoms with Crippen LogP contribution in [0.5, 0.6) is 0 Å². The molecule has 1 rings (SSSR count). The molecule has 0 bridgehead atoms. The number of aryl methyl sites for hydroxylation is 2. The average Bonchev–Trinajstić information content (AvgIpc) is 2.42. The van der Waals surface area contributed by atoms with E-state index in [2.05, 4.69) is 0 Å². The van der Waals surface area contributed by atoms with Crippen molar-refractivity contribution in [3.8, 4) is 0 Å². The second-order valence-corrected chi connectivity index (χ2v) is 7.70. The number of nitrogens with zero attached hydrogens (tertiary/aromatic N) is 1. The van der Waals surface area contributed by atoms with E-state index in [1.54, 1.807) is 0 Å². The van der Waals surface area contributed by atoms with Crippen LogP contribution in [0.15, 0.2) is 18.2 Å². The molecule has 6 heteroatoms. The molecule has 1 unspecified atom stereocenters. The van der Waals surface area contributed by atoms with Crippen LogP contribution in [0.4, 0.5) is 5.69 Å². The number of para-hydroxylation sites is 1. The monoisotopic (exact) mass is 339 g/mol. The Kier molecular flexibility index (Phi) is 6.50. The third-order valence-corrected chi connectivity index (χ3v) is 5.14. The van der Waals surface area contributed by atoms with Gasteiger partial charge in [0.25, 0.3) is 0 Å². The van der Waals surface area contributed by atoms with E-state index in [9.17, 15) is 18.9 Å². The summed E-state index contributed by atoms with van der Waals surface area (Å²) < 4.78 is 12.0. The summed E-state index contributed by atoms with van der Waals surface area (Å²) in [6, 6.07) is 5.53. The molecule has 23 heavy (non-hydrogen) atoms. The largest absolute Gasteiger partial charge is 0.480 e. The van der Waals surface area contributed by atoms with E-state index in [1.165, 1.54) is 18.7 Å². The Hall–Kier alpha value is -1.69. The lowest BCUT2D eigenvalue weighted by Crippen LogP contribution is -2.55. The number of hydrogen-bond donors (Lipinski definition) is 1. The SMILES string of the molecule is CCCS(=O)CC(=O)N(c1c(C)cccc1C)C(C)(C)C(=O)O. The second-order valence-electron chi connectivity index (χ2n) is 6.12. The van der Waals surface area contributed by atoms with Gasteiger partial charge < -0.3 is 5.11 Å². The fraction of sp³-hybridized carbons (Fsp3) is 0.529. The fourth-order valence-electron chi connectivity index (χ4n) is 2.47. The Labute approximate surface area is 140 Å². The standard InChI is InChI=1S/C17H25NO4S/c1-6-10-23(22)11-14(19)18(17(4,5)16(20)21)15-12(2)8-7-9-13(15)3/h7-9H,6,10-11H2,1-5H3,(H,20,21). The van der Waals surface area contributed by atoms with Gasteiger partial charge in [0.1, 0.15) is 11.3 Å². The van der Waals surface area contributed by atoms with Crippen molar-refractivity contribution in [2.45, 2.75) is 46.6 Å². The summed E-state index contributed by atoms with van der Waals surface area (Å²) in [4.78, 5) is 25.7. The van der Waals surface area contributed by atoms with Gasteiger partial charge in [0.2, 0.25) is 5.91 Å². The van der Waals surface area contributed by atoms with Gasteiger partial charge in [0, 0.05) is 16.6 Å². The van der Waals surface area contributed by atoms with Crippen LogP contribution >= 0.6 is 0 Å². The number of carboxylic acids is 1. The maximum atomic E-state index is 12.8. The zero-order valence-corrected chi connectivity index (χ0v) is 15.2. The lowest BCUT2D eigenvalue weighted by Gasteiger charge is -2.37. The van der Waals surface area contributed by atoms with Gasteiger partial charge in [-0.15, -0.1) is 0 Å². The zero-order chi connectivity index (χ0) is 17.8. The summed E-state index contributed by atoms with van der Waals surface area (Å²) in [5, 5.41) is 9.57. The number of benzene rings is 1. The molecule has 1 atom stereocenters. The highest BCUT2D eigenvalue weighted by Gasteiger charge is 2.40. The maximum absolute atomic E-state index is 12.8. The van der Waals surface area contributed by atoms with Gasteiger partial charge in [-0.2, -0.15) is 0 Å². The van der Waals surface area contributed by atoms with Crippen LogP contribution in [0.1, 0.15) is 38.3 Å². The van der Waals surface area contributed by atoms with Crippen LogP contribution in [-0.4, -0.2) is 38.2 Å². The predicted molar refractivity (Wildman–Crippen MR) is 93.3 cm³/mol. The number of rotatable bonds is 7. The molecule has 1 aromatic rings. The van der Waals surface area contributed by atoms with Crippen LogP contribution in [-0.2, 0) is 20.4 Å². The van der Waals surface area contributed by atoms with Crippen LogP contribution in [0.25, 0.3) is 0 Å². The van der Waals surface area contributed by atoms with Gasteiger partial charge in [-0.05, 0) is 45.2 Å². The van der Waals surface area contributed by atoms with Crippen molar-refractivity contribution >= 4 is 28.4 Å². The first-order valence-electron chi connectivity index (χ1n) is 7.60. The number of hydrogen-bond acceptors (Lipinski definition) is 3. The van der Waals surface area contributed by atoms with E-state index in [-0.39, 0.29) is 5.75 Å². The predicted octanol–water partition coefficient (Wildman–Crippen LogP) is 2.66. The van der Waals surface area contributed by atoms with Gasteiger partial charge in [-0.3, -0.25) is 13.9 Å². The topological polar surface area (TPSA) is 74.7 Å². The normalized spacial score (nSPS) is 12.7. The molecule has 0 heterocycles. The van der Waals surface area contributed by atoms with Crippen molar-refractivity contribution in [1.82, 2.24) is 0 Å². The molecule has 0 aromatic heterocycles. The number of carbonyl (C=O) groups is 2. The molecule has 0 saturated carbocycles. The van der Waals surface area contributed by atoms with Crippen molar-refractivity contribution in [1.29, 1.82) is 0 Å². The quantitative estimate of drug-likeness (QED) is 0.829. The lowest BCUT2D eigenvalue weighted by atomic mass is 9.98. The molecule has 1 N–H and O–H groups in total. The Bertz CT molecular complexity index is 605. The van der Waals surface area contributed by atoms with Crippen LogP contribution in [0.2, 0.25) is 0 Å². The van der Waals surface area contributed by atoms with Gasteiger partial charge in [0.05, 0.1) is 5.69 Å². The first-order chi connectivity index (χ1) is 10.6. The Morgan fingerprint density at radius 2 is 1.74 bits per heavy atom. The maximum Gasteiger partial charge on any atom is 0.329 e. The number of carbonyl (C=O) groups excluding carboxylic acids is 1. The van der Waals surface area contributed by atoms with Crippen molar-refractivity contribution in [2.24, 2.45) is 0 Å². The van der Waals surface area contributed by atoms with Crippen LogP contribution < -0.4 is 4.90 Å². The number of aliphatic carboxylic acids is 1. The summed E-state index contributed by atoms with van der Waals surface area (Å²) in [5.74, 6) is -1.27. The summed E-state index contributed by atoms with van der Waals surface area (Å²) >= 11 is 0. The minimum Gasteiger partial charge on any atom is -0.480 e. The average molecular weight is 339 g/mol. The molecule has 0 aliphatic carbocycles. The highest BCUT2D eigenvalue weighted by Crippen LogP contribution is 2.31. The van der Waals surface area contributed by atoms with Gasteiger partial charge in [-0.25, -0.2) is 4.79 Å². The molecule has 0 aliphatic rings. The minimum absolute atomic E-state index is 0.168. The minimum atomic E-state index is -1.43. The van der Waals surface area contributed by atoms with Gasteiger partial charge >= 0.3 is 5.97 Å². The third kappa shape index (κ3) is 4.41. The number of carboxylic acid groups (broad SMARTS) is 1. The molecular formula is C17H25NO4S. The fourth-order valence-corrected chi connectivity index (χ4v) is 3.48. The van der Waals surface area contributed by atoms with Gasteiger partial charge in [-0.1, -0.05) is 25.1 Å². The smallest absolute Gasteiger partial charge is 0.329 e. The van der Waals surface area contributed by atoms with Gasteiger partial charge in [0.15, 0.2) is 0 Å². The molecule has 0 spiro atoms. The third-order valence-electron chi connectivity index (χ3n) is 3.71. The van der Waals surface area contributed by atoms with Crippen molar-refractivity contribution in [2.75, 3.05) is 16.4 Å². The molecular weight excluding hydrogens is 314 g/mol. The van der Waals surface area contributed by atoms with E-state index in [0.29, 0.717) is 17.9 Å². The van der Waals surface area contributed by atoms with Crippen molar-refractivity contribution in [3.05, 3.63) is 29.3 Å². The summed E-state index contributed by atoms with van der Waals surface area (Å²) in [5.41, 5.74) is 0.783. The van der Waals surface area contributed by atoms with E-state index in [0.717, 1.165) is 11.1 Å². The summed E-state index contributed by atoms with van der Waals surface area (Å²) in [6.07, 6.45) is 0.714. The molecule has 128 valence electrons. The van der Waals surface area contributed by atoms with E-state index >= 15 is 0 Å². The zero-order valence-electron chi connectivity index (χ0n) is 14.4. The number of anilines is 1.